The number of piperidine rings is 1. The lowest BCUT2D eigenvalue weighted by atomic mass is 9.68. The molecule has 294 valence electrons. The molecule has 0 amide bonds. The Bertz CT molecular complexity index is 1670. The zero-order valence-electron chi connectivity index (χ0n) is 29.5. The molecule has 3 N–H and O–H groups in total. The standard InChI is InChI=1S/C37H44F6N4O4.2BrH/c1-35(2)15-27-30(28(50)16-35)29(21-7-11-36(39,40)12-8-21)31(32(38)22-3-5-24(6-4-22)37(41,42)43)33(46-27)23-9-13-47(14-10-23)34-44-17-26(18-45-34)51-20-25(49)19-48;;/h3-6,17-18,21,23,25,28,32,48-50H,7-16,19-20H2,1-2H3;2*1H/t25-,28-,32?;;/m0../s1. The predicted molar refractivity (Wildman–Crippen MR) is 197 cm³/mol. The molecule has 53 heavy (non-hydrogen) atoms. The van der Waals surface area contributed by atoms with E-state index < -0.39 is 48.6 Å². The van der Waals surface area contributed by atoms with E-state index in [1.54, 1.807) is 0 Å². The van der Waals surface area contributed by atoms with E-state index in [2.05, 4.69) is 9.97 Å². The van der Waals surface area contributed by atoms with Gasteiger partial charge in [0.1, 0.15) is 12.7 Å². The summed E-state index contributed by atoms with van der Waals surface area (Å²) in [6.45, 7) is 4.41. The molecule has 2 fully saturated rings. The summed E-state index contributed by atoms with van der Waals surface area (Å²) in [5, 5.41) is 30.1. The van der Waals surface area contributed by atoms with E-state index >= 15 is 4.39 Å². The molecule has 1 unspecified atom stereocenters. The molecule has 1 saturated heterocycles. The smallest absolute Gasteiger partial charge is 0.416 e. The highest BCUT2D eigenvalue weighted by Gasteiger charge is 2.44. The van der Waals surface area contributed by atoms with Crippen LogP contribution in [0.2, 0.25) is 0 Å². The molecule has 3 aliphatic rings. The van der Waals surface area contributed by atoms with E-state index in [9.17, 15) is 32.2 Å². The Morgan fingerprint density at radius 1 is 0.943 bits per heavy atom. The van der Waals surface area contributed by atoms with Crippen LogP contribution < -0.4 is 9.64 Å². The lowest BCUT2D eigenvalue weighted by Crippen LogP contribution is -2.36. The van der Waals surface area contributed by atoms with E-state index in [0.717, 1.165) is 24.3 Å². The average Bonchev–Trinajstić information content (AvgIpc) is 3.09. The van der Waals surface area contributed by atoms with Gasteiger partial charge in [0.05, 0.1) is 36.4 Å². The summed E-state index contributed by atoms with van der Waals surface area (Å²) >= 11 is 0. The number of alkyl halides is 6. The third-order valence-electron chi connectivity index (χ3n) is 10.5. The molecule has 3 heterocycles. The SMILES string of the molecule is Br.Br.CC1(C)Cc2nc(C3CCN(c4ncc(OC[C@@H](O)CO)cn4)CC3)c(C(F)c3ccc(C(F)(F)F)cc3)c(C3CCC(F)(F)CC3)c2[C@@H](O)C1. The molecule has 3 atom stereocenters. The molecule has 3 aromatic rings. The number of benzene rings is 1. The van der Waals surface area contributed by atoms with E-state index in [1.165, 1.54) is 12.4 Å². The third kappa shape index (κ3) is 9.83. The summed E-state index contributed by atoms with van der Waals surface area (Å²) in [6.07, 6.45) is -4.33. The average molecular weight is 885 g/mol. The maximum Gasteiger partial charge on any atom is 0.416 e. The number of aromatic nitrogens is 3. The number of nitrogens with zero attached hydrogens (tertiary/aromatic N) is 4. The van der Waals surface area contributed by atoms with Crippen LogP contribution >= 0.6 is 34.0 Å². The van der Waals surface area contributed by atoms with E-state index in [-0.39, 0.29) is 88.7 Å². The fourth-order valence-electron chi connectivity index (χ4n) is 7.86. The zero-order chi connectivity index (χ0) is 36.7. The van der Waals surface area contributed by atoms with Gasteiger partial charge < -0.3 is 25.0 Å². The minimum absolute atomic E-state index is 0. The Hall–Kier alpha value is -2.53. The van der Waals surface area contributed by atoms with Gasteiger partial charge >= 0.3 is 6.18 Å². The molecule has 0 bridgehead atoms. The number of pyridine rings is 1. The van der Waals surface area contributed by atoms with Gasteiger partial charge in [0, 0.05) is 48.7 Å². The first-order valence-corrected chi connectivity index (χ1v) is 17.5. The van der Waals surface area contributed by atoms with Crippen LogP contribution in [-0.2, 0) is 12.6 Å². The largest absolute Gasteiger partial charge is 0.488 e. The topological polar surface area (TPSA) is 112 Å². The van der Waals surface area contributed by atoms with Gasteiger partial charge in [-0.3, -0.25) is 4.98 Å². The summed E-state index contributed by atoms with van der Waals surface area (Å²) in [6, 6.07) is 3.92. The number of fused-ring (bicyclic) bond motifs is 1. The first-order chi connectivity index (χ1) is 24.0. The van der Waals surface area contributed by atoms with Crippen molar-refractivity contribution in [2.24, 2.45) is 5.41 Å². The Kier molecular flexibility index (Phi) is 13.9. The van der Waals surface area contributed by atoms with Crippen molar-refractivity contribution in [2.75, 3.05) is 31.2 Å². The molecular weight excluding hydrogens is 838 g/mol. The van der Waals surface area contributed by atoms with Crippen molar-refractivity contribution < 1.29 is 46.4 Å². The van der Waals surface area contributed by atoms with Crippen LogP contribution in [0.5, 0.6) is 5.75 Å². The quantitative estimate of drug-likeness (QED) is 0.184. The second-order valence-corrected chi connectivity index (χ2v) is 15.0. The van der Waals surface area contributed by atoms with Gasteiger partial charge in [0.15, 0.2) is 11.9 Å². The van der Waals surface area contributed by atoms with E-state index in [0.29, 0.717) is 73.0 Å². The number of halogens is 8. The van der Waals surface area contributed by atoms with Crippen molar-refractivity contribution in [1.82, 2.24) is 15.0 Å². The molecule has 2 aromatic heterocycles. The maximum absolute atomic E-state index is 17.2. The van der Waals surface area contributed by atoms with Gasteiger partial charge in [-0.2, -0.15) is 13.2 Å². The number of aliphatic hydroxyl groups excluding tert-OH is 3. The van der Waals surface area contributed by atoms with Gasteiger partial charge in [-0.25, -0.2) is 23.1 Å². The number of aliphatic hydroxyl groups is 3. The Balaban J connectivity index is 0.00000314. The van der Waals surface area contributed by atoms with Crippen LogP contribution in [0.15, 0.2) is 36.7 Å². The Morgan fingerprint density at radius 2 is 1.55 bits per heavy atom. The fraction of sp³-hybridized carbons (Fsp3) is 0.595. The fourth-order valence-corrected chi connectivity index (χ4v) is 7.86. The first-order valence-electron chi connectivity index (χ1n) is 17.5. The number of hydrogen-bond donors (Lipinski definition) is 3. The molecular formula is C37H46Br2F6N4O4. The summed E-state index contributed by atoms with van der Waals surface area (Å²) in [4.78, 5) is 15.8. The van der Waals surface area contributed by atoms with Gasteiger partial charge in [-0.15, -0.1) is 34.0 Å². The summed E-state index contributed by atoms with van der Waals surface area (Å²) in [5.41, 5.74) is 1.01. The molecule has 16 heteroatoms. The summed E-state index contributed by atoms with van der Waals surface area (Å²) in [7, 11) is 0. The van der Waals surface area contributed by atoms with Crippen LogP contribution in [0.1, 0.15) is 122 Å². The Morgan fingerprint density at radius 3 is 2.11 bits per heavy atom. The van der Waals surface area contributed by atoms with Crippen LogP contribution in [0.3, 0.4) is 0 Å². The Labute approximate surface area is 325 Å². The normalized spacial score (nSPS) is 21.5. The minimum atomic E-state index is -4.61. The minimum Gasteiger partial charge on any atom is -0.488 e. The highest BCUT2D eigenvalue weighted by atomic mass is 79.9. The number of hydrogen-bond acceptors (Lipinski definition) is 8. The maximum atomic E-state index is 17.2. The van der Waals surface area contributed by atoms with Crippen molar-refractivity contribution in [3.63, 3.8) is 0 Å². The number of ether oxygens (including phenoxy) is 1. The van der Waals surface area contributed by atoms with Crippen molar-refractivity contribution >= 4 is 39.9 Å². The van der Waals surface area contributed by atoms with Gasteiger partial charge in [0.2, 0.25) is 11.9 Å². The highest BCUT2D eigenvalue weighted by molar-refractivity contribution is 8.93. The molecule has 0 spiro atoms. The molecule has 1 aliphatic heterocycles. The second-order valence-electron chi connectivity index (χ2n) is 15.0. The van der Waals surface area contributed by atoms with Crippen LogP contribution in [-0.4, -0.2) is 68.6 Å². The second kappa shape index (κ2) is 17.1. The summed E-state index contributed by atoms with van der Waals surface area (Å²) < 4.78 is 91.8. The van der Waals surface area contributed by atoms with Crippen molar-refractivity contribution in [3.05, 3.63) is 75.9 Å². The predicted octanol–water partition coefficient (Wildman–Crippen LogP) is 8.52. The molecule has 6 rings (SSSR count). The van der Waals surface area contributed by atoms with Crippen LogP contribution in [0, 0.1) is 5.41 Å². The zero-order valence-corrected chi connectivity index (χ0v) is 32.9. The summed E-state index contributed by atoms with van der Waals surface area (Å²) in [5.74, 6) is -2.85. The third-order valence-corrected chi connectivity index (χ3v) is 10.5. The van der Waals surface area contributed by atoms with Crippen molar-refractivity contribution in [3.8, 4) is 5.75 Å². The number of rotatable bonds is 9. The van der Waals surface area contributed by atoms with Crippen LogP contribution in [0.25, 0.3) is 0 Å². The lowest BCUT2D eigenvalue weighted by molar-refractivity contribution is -0.137. The molecule has 8 nitrogen and oxygen atoms in total. The van der Waals surface area contributed by atoms with Crippen LogP contribution in [0.4, 0.5) is 32.3 Å². The van der Waals surface area contributed by atoms with Gasteiger partial charge in [-0.05, 0) is 73.1 Å². The van der Waals surface area contributed by atoms with Gasteiger partial charge in [-0.1, -0.05) is 26.0 Å². The number of anilines is 1. The van der Waals surface area contributed by atoms with Gasteiger partial charge in [0.25, 0.3) is 0 Å². The van der Waals surface area contributed by atoms with E-state index in [4.69, 9.17) is 14.8 Å². The molecule has 0 radical (unpaired) electrons. The molecule has 2 aliphatic carbocycles. The van der Waals surface area contributed by atoms with E-state index in [1.807, 2.05) is 18.7 Å². The highest BCUT2D eigenvalue weighted by Crippen LogP contribution is 2.52. The van der Waals surface area contributed by atoms with Crippen molar-refractivity contribution in [2.45, 2.75) is 108 Å². The molecule has 1 saturated carbocycles. The first kappa shape index (κ1) is 43.2. The monoisotopic (exact) mass is 882 g/mol. The molecule has 1 aromatic carbocycles. The van der Waals surface area contributed by atoms with Crippen molar-refractivity contribution in [1.29, 1.82) is 0 Å². The lowest BCUT2D eigenvalue weighted by Gasteiger charge is -2.41.